The summed E-state index contributed by atoms with van der Waals surface area (Å²) in [5, 5.41) is 14.1. The van der Waals surface area contributed by atoms with Gasteiger partial charge in [0, 0.05) is 44.2 Å². The SMILES string of the molecule is Cc1noc(Cl)c1CCC(=O)N1CCN([C@@H]2CCC[C@H]2O)CC1. The molecule has 0 radical (unpaired) electrons. The van der Waals surface area contributed by atoms with Crippen molar-refractivity contribution in [1.29, 1.82) is 0 Å². The monoisotopic (exact) mass is 341 g/mol. The molecule has 1 aliphatic carbocycles. The summed E-state index contributed by atoms with van der Waals surface area (Å²) in [6, 6.07) is 0.283. The number of amides is 1. The number of carbonyl (C=O) groups is 1. The number of aliphatic hydroxyl groups is 1. The van der Waals surface area contributed by atoms with Crippen molar-refractivity contribution < 1.29 is 14.4 Å². The molecular formula is C16H24ClN3O3. The predicted octanol–water partition coefficient (Wildman–Crippen LogP) is 1.63. The molecular weight excluding hydrogens is 318 g/mol. The van der Waals surface area contributed by atoms with Crippen molar-refractivity contribution >= 4 is 17.5 Å². The number of carbonyl (C=O) groups excluding carboxylic acids is 1. The largest absolute Gasteiger partial charge is 0.391 e. The van der Waals surface area contributed by atoms with Gasteiger partial charge in [-0.2, -0.15) is 0 Å². The van der Waals surface area contributed by atoms with E-state index in [2.05, 4.69) is 10.1 Å². The number of nitrogens with zero attached hydrogens (tertiary/aromatic N) is 3. The Hall–Kier alpha value is -1.11. The minimum atomic E-state index is -0.198. The second-order valence-electron chi connectivity index (χ2n) is 6.50. The van der Waals surface area contributed by atoms with Gasteiger partial charge in [0.2, 0.25) is 11.1 Å². The van der Waals surface area contributed by atoms with E-state index in [1.807, 2.05) is 11.8 Å². The normalized spacial score (nSPS) is 26.0. The number of hydrogen-bond acceptors (Lipinski definition) is 5. The zero-order chi connectivity index (χ0) is 16.4. The minimum Gasteiger partial charge on any atom is -0.391 e. The van der Waals surface area contributed by atoms with Crippen LogP contribution in [-0.2, 0) is 11.2 Å². The summed E-state index contributed by atoms with van der Waals surface area (Å²) in [5.74, 6) is 0.147. The third-order valence-corrected chi connectivity index (χ3v) is 5.40. The molecule has 1 amide bonds. The molecule has 2 atom stereocenters. The summed E-state index contributed by atoms with van der Waals surface area (Å²) < 4.78 is 4.91. The van der Waals surface area contributed by atoms with Crippen LogP contribution in [0.4, 0.5) is 0 Å². The van der Waals surface area contributed by atoms with Gasteiger partial charge in [0.05, 0.1) is 11.8 Å². The van der Waals surface area contributed by atoms with Crippen molar-refractivity contribution in [1.82, 2.24) is 15.0 Å². The average molecular weight is 342 g/mol. The minimum absolute atomic E-state index is 0.147. The second-order valence-corrected chi connectivity index (χ2v) is 6.85. The fourth-order valence-electron chi connectivity index (χ4n) is 3.68. The zero-order valence-corrected chi connectivity index (χ0v) is 14.3. The van der Waals surface area contributed by atoms with Gasteiger partial charge in [-0.05, 0) is 44.2 Å². The lowest BCUT2D eigenvalue weighted by atomic mass is 10.1. The maximum Gasteiger partial charge on any atom is 0.229 e. The van der Waals surface area contributed by atoms with Gasteiger partial charge in [-0.1, -0.05) is 5.16 Å². The number of rotatable bonds is 4. The van der Waals surface area contributed by atoms with Crippen molar-refractivity contribution in [2.45, 2.75) is 51.2 Å². The third-order valence-electron chi connectivity index (χ3n) is 5.11. The van der Waals surface area contributed by atoms with Crippen LogP contribution < -0.4 is 0 Å². The summed E-state index contributed by atoms with van der Waals surface area (Å²) in [5.41, 5.74) is 1.58. The maximum atomic E-state index is 12.4. The molecule has 2 aliphatic rings. The molecule has 1 aromatic rings. The molecule has 3 rings (SSSR count). The van der Waals surface area contributed by atoms with Crippen molar-refractivity contribution in [3.8, 4) is 0 Å². The first-order valence-electron chi connectivity index (χ1n) is 8.37. The van der Waals surface area contributed by atoms with E-state index in [0.29, 0.717) is 12.8 Å². The molecule has 2 fully saturated rings. The van der Waals surface area contributed by atoms with E-state index in [4.69, 9.17) is 16.1 Å². The van der Waals surface area contributed by atoms with Crippen LogP contribution in [0.5, 0.6) is 0 Å². The van der Waals surface area contributed by atoms with Crippen LogP contribution in [0.1, 0.15) is 36.9 Å². The fourth-order valence-corrected chi connectivity index (χ4v) is 3.95. The van der Waals surface area contributed by atoms with E-state index in [0.717, 1.165) is 56.7 Å². The smallest absolute Gasteiger partial charge is 0.229 e. The summed E-state index contributed by atoms with van der Waals surface area (Å²) in [7, 11) is 0. The first-order chi connectivity index (χ1) is 11.1. The van der Waals surface area contributed by atoms with Crippen molar-refractivity contribution in [3.05, 3.63) is 16.5 Å². The third kappa shape index (κ3) is 3.70. The van der Waals surface area contributed by atoms with E-state index in [-0.39, 0.29) is 23.3 Å². The number of hydrogen-bond donors (Lipinski definition) is 1. The van der Waals surface area contributed by atoms with Crippen LogP contribution in [0.25, 0.3) is 0 Å². The number of aromatic nitrogens is 1. The average Bonchev–Trinajstić information content (AvgIpc) is 3.11. The highest BCUT2D eigenvalue weighted by Gasteiger charge is 2.33. The van der Waals surface area contributed by atoms with Gasteiger partial charge >= 0.3 is 0 Å². The first-order valence-corrected chi connectivity index (χ1v) is 8.74. The van der Waals surface area contributed by atoms with E-state index in [9.17, 15) is 9.90 Å². The molecule has 0 aromatic carbocycles. The van der Waals surface area contributed by atoms with Crippen LogP contribution in [0.3, 0.4) is 0 Å². The Morgan fingerprint density at radius 1 is 1.35 bits per heavy atom. The van der Waals surface area contributed by atoms with Crippen LogP contribution in [0.15, 0.2) is 4.52 Å². The quantitative estimate of drug-likeness (QED) is 0.901. The van der Waals surface area contributed by atoms with Gasteiger partial charge in [-0.15, -0.1) is 0 Å². The standard InChI is InChI=1S/C16H24ClN3O3/c1-11-12(16(17)23-18-11)5-6-15(22)20-9-7-19(8-10-20)13-3-2-4-14(13)21/h13-14,21H,2-10H2,1H3/t13-,14-/m1/s1. The Morgan fingerprint density at radius 2 is 2.09 bits per heavy atom. The molecule has 23 heavy (non-hydrogen) atoms. The van der Waals surface area contributed by atoms with E-state index < -0.39 is 0 Å². The Kier molecular flexibility index (Phi) is 5.24. The summed E-state index contributed by atoms with van der Waals surface area (Å²) in [6.07, 6.45) is 3.87. The number of aliphatic hydroxyl groups excluding tert-OH is 1. The molecule has 128 valence electrons. The Bertz CT molecular complexity index is 535. The lowest BCUT2D eigenvalue weighted by Gasteiger charge is -2.39. The highest BCUT2D eigenvalue weighted by Crippen LogP contribution is 2.25. The molecule has 7 heteroatoms. The Morgan fingerprint density at radius 3 is 2.65 bits per heavy atom. The first kappa shape index (κ1) is 16.7. The van der Waals surface area contributed by atoms with Crippen LogP contribution >= 0.6 is 11.6 Å². The van der Waals surface area contributed by atoms with E-state index in [1.54, 1.807) is 0 Å². The van der Waals surface area contributed by atoms with E-state index in [1.165, 1.54) is 0 Å². The molecule has 1 aromatic heterocycles. The van der Waals surface area contributed by atoms with Gasteiger partial charge in [0.25, 0.3) is 0 Å². The van der Waals surface area contributed by atoms with Crippen molar-refractivity contribution in [3.63, 3.8) is 0 Å². The zero-order valence-electron chi connectivity index (χ0n) is 13.5. The molecule has 0 bridgehead atoms. The van der Waals surface area contributed by atoms with Crippen LogP contribution in [0, 0.1) is 6.92 Å². The molecule has 0 spiro atoms. The highest BCUT2D eigenvalue weighted by molar-refractivity contribution is 6.29. The topological polar surface area (TPSA) is 69.8 Å². The predicted molar refractivity (Wildman–Crippen MR) is 86.4 cm³/mol. The molecule has 2 heterocycles. The van der Waals surface area contributed by atoms with Gasteiger partial charge in [-0.25, -0.2) is 0 Å². The van der Waals surface area contributed by atoms with Crippen LogP contribution in [0.2, 0.25) is 5.22 Å². The van der Waals surface area contributed by atoms with Gasteiger partial charge in [-0.3, -0.25) is 9.69 Å². The second kappa shape index (κ2) is 7.20. The van der Waals surface area contributed by atoms with E-state index >= 15 is 0 Å². The molecule has 0 unspecified atom stereocenters. The fraction of sp³-hybridized carbons (Fsp3) is 0.750. The van der Waals surface area contributed by atoms with Gasteiger partial charge < -0.3 is 14.5 Å². The van der Waals surface area contributed by atoms with Crippen molar-refractivity contribution in [2.24, 2.45) is 0 Å². The number of piperazine rings is 1. The summed E-state index contributed by atoms with van der Waals surface area (Å²) in [4.78, 5) is 16.6. The van der Waals surface area contributed by atoms with Crippen molar-refractivity contribution in [2.75, 3.05) is 26.2 Å². The molecule has 1 aliphatic heterocycles. The Labute approximate surface area is 141 Å². The summed E-state index contributed by atoms with van der Waals surface area (Å²) >= 11 is 5.94. The molecule has 1 saturated heterocycles. The molecule has 6 nitrogen and oxygen atoms in total. The molecule has 1 saturated carbocycles. The molecule has 1 N–H and O–H groups in total. The van der Waals surface area contributed by atoms with Gasteiger partial charge in [0.1, 0.15) is 0 Å². The maximum absolute atomic E-state index is 12.4. The lowest BCUT2D eigenvalue weighted by Crippen LogP contribution is -2.53. The number of aryl methyl sites for hydroxylation is 1. The van der Waals surface area contributed by atoms with Gasteiger partial charge in [0.15, 0.2) is 0 Å². The number of halogens is 1. The highest BCUT2D eigenvalue weighted by atomic mass is 35.5. The lowest BCUT2D eigenvalue weighted by molar-refractivity contribution is -0.133. The Balaban J connectivity index is 1.47. The summed E-state index contributed by atoms with van der Waals surface area (Å²) in [6.45, 7) is 5.00. The van der Waals surface area contributed by atoms with Crippen LogP contribution in [-0.4, -0.2) is 64.3 Å².